The molecule has 0 fully saturated rings. The van der Waals surface area contributed by atoms with E-state index < -0.39 is 24.3 Å². The van der Waals surface area contributed by atoms with E-state index in [4.69, 9.17) is 10.8 Å². The molecule has 9 nitrogen and oxygen atoms in total. The summed E-state index contributed by atoms with van der Waals surface area (Å²) < 4.78 is 0. The van der Waals surface area contributed by atoms with Crippen molar-refractivity contribution in [2.24, 2.45) is 5.73 Å². The van der Waals surface area contributed by atoms with Crippen molar-refractivity contribution in [3.8, 4) is 0 Å². The van der Waals surface area contributed by atoms with Gasteiger partial charge in [0.25, 0.3) is 0 Å². The van der Waals surface area contributed by atoms with Gasteiger partial charge in [0.05, 0.1) is 26.2 Å². The molecule has 0 aliphatic heterocycles. The van der Waals surface area contributed by atoms with E-state index in [1.54, 1.807) is 0 Å². The lowest BCUT2D eigenvalue weighted by Gasteiger charge is -2.22. The van der Waals surface area contributed by atoms with Crippen LogP contribution in [0.1, 0.15) is 13.3 Å². The fourth-order valence-corrected chi connectivity index (χ4v) is 1.52. The Morgan fingerprint density at radius 1 is 1.10 bits per heavy atom. The van der Waals surface area contributed by atoms with Gasteiger partial charge in [-0.2, -0.15) is 0 Å². The fraction of sp³-hybridized carbons (Fsp3) is 0.667. The van der Waals surface area contributed by atoms with E-state index in [2.05, 4.69) is 5.32 Å². The molecule has 3 amide bonds. The van der Waals surface area contributed by atoms with Crippen molar-refractivity contribution in [1.82, 2.24) is 15.1 Å². The maximum atomic E-state index is 11.9. The number of hydrogen-bond acceptors (Lipinski definition) is 5. The molecular formula is C12H22N4O5. The van der Waals surface area contributed by atoms with Crippen LogP contribution in [0.5, 0.6) is 0 Å². The Morgan fingerprint density at radius 3 is 2.19 bits per heavy atom. The Kier molecular flexibility index (Phi) is 8.70. The molecule has 21 heavy (non-hydrogen) atoms. The quantitative estimate of drug-likeness (QED) is 0.421. The van der Waals surface area contributed by atoms with Gasteiger partial charge >= 0.3 is 5.97 Å². The second kappa shape index (κ2) is 9.70. The highest BCUT2D eigenvalue weighted by molar-refractivity contribution is 5.86. The van der Waals surface area contributed by atoms with Crippen LogP contribution in [0.4, 0.5) is 0 Å². The Bertz CT molecular complexity index is 383. The highest BCUT2D eigenvalue weighted by Gasteiger charge is 2.19. The van der Waals surface area contributed by atoms with E-state index in [9.17, 15) is 19.2 Å². The third-order valence-electron chi connectivity index (χ3n) is 2.48. The Hall–Kier alpha value is -2.16. The molecule has 4 N–H and O–H groups in total. The molecule has 0 radical (unpaired) electrons. The van der Waals surface area contributed by atoms with Crippen LogP contribution < -0.4 is 11.1 Å². The van der Waals surface area contributed by atoms with Crippen LogP contribution in [-0.2, 0) is 19.2 Å². The van der Waals surface area contributed by atoms with E-state index >= 15 is 0 Å². The molecule has 0 aromatic heterocycles. The van der Waals surface area contributed by atoms with Gasteiger partial charge in [0.15, 0.2) is 0 Å². The molecule has 0 bridgehead atoms. The van der Waals surface area contributed by atoms with Crippen LogP contribution in [0.3, 0.4) is 0 Å². The molecule has 0 saturated carbocycles. The number of primary amides is 1. The molecule has 0 aromatic rings. The summed E-state index contributed by atoms with van der Waals surface area (Å²) in [5, 5.41) is 11.3. The van der Waals surface area contributed by atoms with Crippen molar-refractivity contribution in [1.29, 1.82) is 0 Å². The average molecular weight is 302 g/mol. The number of nitrogens with one attached hydrogen (secondary N) is 1. The van der Waals surface area contributed by atoms with Crippen LogP contribution in [0.2, 0.25) is 0 Å². The van der Waals surface area contributed by atoms with Crippen molar-refractivity contribution in [2.75, 3.05) is 39.8 Å². The molecule has 9 heteroatoms. The summed E-state index contributed by atoms with van der Waals surface area (Å²) in [6.07, 6.45) is 0.786. The van der Waals surface area contributed by atoms with Crippen LogP contribution >= 0.6 is 0 Å². The number of hydrogen-bond donors (Lipinski definition) is 3. The number of carbonyl (C=O) groups is 4. The van der Waals surface area contributed by atoms with Gasteiger partial charge in [-0.15, -0.1) is 0 Å². The Balaban J connectivity index is 4.41. The third-order valence-corrected chi connectivity index (χ3v) is 2.48. The minimum atomic E-state index is -1.17. The Morgan fingerprint density at radius 2 is 1.71 bits per heavy atom. The van der Waals surface area contributed by atoms with Gasteiger partial charge in [-0.3, -0.25) is 24.1 Å². The Labute approximate surface area is 123 Å². The minimum absolute atomic E-state index is 0.129. The number of aliphatic carboxylic acids is 1. The van der Waals surface area contributed by atoms with E-state index in [-0.39, 0.29) is 25.5 Å². The predicted octanol–water partition coefficient (Wildman–Crippen LogP) is -2.16. The van der Waals surface area contributed by atoms with Crippen molar-refractivity contribution >= 4 is 23.7 Å². The first kappa shape index (κ1) is 18.8. The second-order valence-corrected chi connectivity index (χ2v) is 4.60. The topological polar surface area (TPSA) is 133 Å². The largest absolute Gasteiger partial charge is 0.480 e. The molecule has 0 rings (SSSR count). The van der Waals surface area contributed by atoms with E-state index in [1.165, 1.54) is 11.9 Å². The van der Waals surface area contributed by atoms with Gasteiger partial charge in [-0.1, -0.05) is 6.92 Å². The van der Waals surface area contributed by atoms with Gasteiger partial charge < -0.3 is 21.1 Å². The highest BCUT2D eigenvalue weighted by atomic mass is 16.4. The maximum absolute atomic E-state index is 11.9. The first-order valence-corrected chi connectivity index (χ1v) is 6.49. The second-order valence-electron chi connectivity index (χ2n) is 4.60. The lowest BCUT2D eigenvalue weighted by Crippen LogP contribution is -2.46. The van der Waals surface area contributed by atoms with Crippen molar-refractivity contribution in [2.45, 2.75) is 13.3 Å². The van der Waals surface area contributed by atoms with Crippen LogP contribution in [0.15, 0.2) is 0 Å². The number of rotatable bonds is 10. The molecule has 0 atom stereocenters. The summed E-state index contributed by atoms with van der Waals surface area (Å²) in [7, 11) is 1.43. The van der Waals surface area contributed by atoms with Crippen LogP contribution in [0.25, 0.3) is 0 Å². The first-order valence-electron chi connectivity index (χ1n) is 6.49. The minimum Gasteiger partial charge on any atom is -0.480 e. The third kappa shape index (κ3) is 9.38. The normalized spacial score (nSPS) is 10.2. The summed E-state index contributed by atoms with van der Waals surface area (Å²) >= 11 is 0. The first-order chi connectivity index (χ1) is 9.76. The molecule has 0 aromatic carbocycles. The monoisotopic (exact) mass is 302 g/mol. The summed E-state index contributed by atoms with van der Waals surface area (Å²) in [5.41, 5.74) is 4.99. The number of amides is 3. The van der Waals surface area contributed by atoms with Gasteiger partial charge in [-0.25, -0.2) is 0 Å². The number of nitrogens with two attached hydrogens (primary N) is 1. The molecule has 0 heterocycles. The summed E-state index contributed by atoms with van der Waals surface area (Å²) in [5.74, 6) is -2.67. The van der Waals surface area contributed by atoms with Gasteiger partial charge in [0, 0.05) is 13.6 Å². The molecule has 0 saturated heterocycles. The zero-order valence-corrected chi connectivity index (χ0v) is 12.3. The fourth-order valence-electron chi connectivity index (χ4n) is 1.52. The summed E-state index contributed by atoms with van der Waals surface area (Å²) in [6, 6.07) is 0. The van der Waals surface area contributed by atoms with E-state index in [0.717, 1.165) is 11.3 Å². The van der Waals surface area contributed by atoms with Gasteiger partial charge in [0.1, 0.15) is 0 Å². The molecule has 120 valence electrons. The SMILES string of the molecule is CCCNC(=O)CN(C)C(=O)CN(CC(N)=O)CC(=O)O. The zero-order chi connectivity index (χ0) is 16.4. The lowest BCUT2D eigenvalue weighted by molar-refractivity contribution is -0.141. The van der Waals surface area contributed by atoms with Crippen molar-refractivity contribution in [3.05, 3.63) is 0 Å². The van der Waals surface area contributed by atoms with Crippen LogP contribution in [0, 0.1) is 0 Å². The number of carboxylic acid groups (broad SMARTS) is 1. The van der Waals surface area contributed by atoms with Crippen LogP contribution in [-0.4, -0.2) is 78.4 Å². The van der Waals surface area contributed by atoms with E-state index in [0.29, 0.717) is 6.54 Å². The van der Waals surface area contributed by atoms with E-state index in [1.807, 2.05) is 6.92 Å². The maximum Gasteiger partial charge on any atom is 0.317 e. The number of nitrogens with zero attached hydrogens (tertiary/aromatic N) is 2. The predicted molar refractivity (Wildman–Crippen MR) is 74.2 cm³/mol. The van der Waals surface area contributed by atoms with Crippen molar-refractivity contribution in [3.63, 3.8) is 0 Å². The van der Waals surface area contributed by atoms with Crippen molar-refractivity contribution < 1.29 is 24.3 Å². The average Bonchev–Trinajstić information content (AvgIpc) is 2.34. The van der Waals surface area contributed by atoms with Gasteiger partial charge in [0.2, 0.25) is 17.7 Å². The molecule has 0 aliphatic carbocycles. The summed E-state index contributed by atoms with van der Waals surface area (Å²) in [6.45, 7) is 1.18. The number of carbonyl (C=O) groups excluding carboxylic acids is 3. The number of carboxylic acids is 1. The number of likely N-dealkylation sites (N-methyl/N-ethyl adjacent to an activating group) is 1. The highest BCUT2D eigenvalue weighted by Crippen LogP contribution is 1.93. The molecule has 0 aliphatic rings. The lowest BCUT2D eigenvalue weighted by atomic mass is 10.3. The molecular weight excluding hydrogens is 280 g/mol. The zero-order valence-electron chi connectivity index (χ0n) is 12.3. The molecule has 0 spiro atoms. The standard InChI is InChI=1S/C12H22N4O5/c1-3-4-14-10(18)6-15(2)11(19)7-16(5-9(13)17)8-12(20)21/h3-8H2,1-2H3,(H2,13,17)(H,14,18)(H,20,21). The summed E-state index contributed by atoms with van der Waals surface area (Å²) in [4.78, 5) is 47.1. The molecule has 0 unspecified atom stereocenters. The van der Waals surface area contributed by atoms with Gasteiger partial charge in [-0.05, 0) is 6.42 Å². The smallest absolute Gasteiger partial charge is 0.317 e.